The Morgan fingerprint density at radius 3 is 2.60 bits per heavy atom. The highest BCUT2D eigenvalue weighted by molar-refractivity contribution is 7.86. The molecule has 0 amide bonds. The van der Waals surface area contributed by atoms with Gasteiger partial charge in [0.1, 0.15) is 12.8 Å². The van der Waals surface area contributed by atoms with Gasteiger partial charge in [-0.1, -0.05) is 19.9 Å². The number of hydrogen-bond donors (Lipinski definition) is 1. The van der Waals surface area contributed by atoms with Crippen molar-refractivity contribution in [1.82, 2.24) is 0 Å². The maximum Gasteiger partial charge on any atom is 0.264 e. The number of fused-ring (bicyclic) bond motifs is 7. The average Bonchev–Trinajstić information content (AvgIpc) is 3.13. The molecule has 4 aliphatic carbocycles. The molecule has 1 saturated heterocycles. The first-order valence-electron chi connectivity index (χ1n) is 12.1. The van der Waals surface area contributed by atoms with Gasteiger partial charge in [-0.25, -0.2) is 4.39 Å². The van der Waals surface area contributed by atoms with Crippen LogP contribution < -0.4 is 0 Å². The number of alkyl halides is 1. The number of ether oxygens (including phenoxy) is 2. The van der Waals surface area contributed by atoms with Crippen molar-refractivity contribution in [2.24, 2.45) is 28.6 Å². The van der Waals surface area contributed by atoms with Crippen molar-refractivity contribution in [1.29, 1.82) is 0 Å². The number of carbonyl (C=O) groups is 2. The highest BCUT2D eigenvalue weighted by Crippen LogP contribution is 2.70. The van der Waals surface area contributed by atoms with Crippen LogP contribution in [0.15, 0.2) is 23.8 Å². The molecule has 9 atom stereocenters. The van der Waals surface area contributed by atoms with Crippen LogP contribution in [0.1, 0.15) is 47.0 Å². The van der Waals surface area contributed by atoms with Crippen LogP contribution in [0.4, 0.5) is 4.39 Å². The fraction of sp³-hybridized carbons (Fsp3) is 0.760. The molecule has 1 aliphatic heterocycles. The minimum absolute atomic E-state index is 0.116. The molecule has 194 valence electrons. The number of halogens is 1. The Morgan fingerprint density at radius 2 is 1.94 bits per heavy atom. The summed E-state index contributed by atoms with van der Waals surface area (Å²) >= 11 is 0. The molecule has 35 heavy (non-hydrogen) atoms. The summed E-state index contributed by atoms with van der Waals surface area (Å²) in [6, 6.07) is 0. The second-order valence-corrected chi connectivity index (χ2v) is 13.4. The summed E-state index contributed by atoms with van der Waals surface area (Å²) in [5, 5.41) is 11.6. The first-order valence-corrected chi connectivity index (χ1v) is 13.9. The summed E-state index contributed by atoms with van der Waals surface area (Å²) in [5.41, 5.74) is -2.92. The Bertz CT molecular complexity index is 1140. The first kappa shape index (κ1) is 25.2. The van der Waals surface area contributed by atoms with Crippen molar-refractivity contribution in [2.75, 3.05) is 12.9 Å². The molecule has 8 nitrogen and oxygen atoms in total. The Balaban J connectivity index is 1.58. The lowest BCUT2D eigenvalue weighted by Gasteiger charge is -2.60. The molecule has 0 aromatic heterocycles. The van der Waals surface area contributed by atoms with Crippen LogP contribution in [0.25, 0.3) is 0 Å². The minimum Gasteiger partial charge on any atom is -0.393 e. The fourth-order valence-electron chi connectivity index (χ4n) is 8.20. The normalized spacial score (nSPS) is 48.0. The van der Waals surface area contributed by atoms with Gasteiger partial charge in [0, 0.05) is 16.7 Å². The Morgan fingerprint density at radius 1 is 1.26 bits per heavy atom. The monoisotopic (exact) mass is 512 g/mol. The predicted octanol–water partition coefficient (Wildman–Crippen LogP) is 2.26. The van der Waals surface area contributed by atoms with Gasteiger partial charge in [-0.15, -0.1) is 0 Å². The number of aliphatic hydroxyl groups is 1. The molecule has 0 aromatic carbocycles. The quantitative estimate of drug-likeness (QED) is 0.571. The number of hydrogen-bond acceptors (Lipinski definition) is 8. The zero-order chi connectivity index (χ0) is 25.8. The molecule has 10 heteroatoms. The Hall–Kier alpha value is -1.46. The lowest BCUT2D eigenvalue weighted by atomic mass is 9.46. The standard InChI is InChI=1S/C25H33FO8S/c1-22(2)33-20-10-15-14-9-17(26)16-8-13(27)6-7-23(16,3)21(14)18(28)11-24(15,4)25(20,34-22)19(29)12-32-35(5,30)31/h6-8,14-15,17-18,20-21,28H,9-12H2,1-5H3/t14-,15-,17-,18-,20+,21+,23-,24-,25+/m0/s1. The van der Waals surface area contributed by atoms with Gasteiger partial charge in [0.25, 0.3) is 10.1 Å². The summed E-state index contributed by atoms with van der Waals surface area (Å²) in [4.78, 5) is 25.7. The number of aliphatic hydroxyl groups excluding tert-OH is 1. The fourth-order valence-corrected chi connectivity index (χ4v) is 8.52. The first-order chi connectivity index (χ1) is 16.0. The van der Waals surface area contributed by atoms with Crippen LogP contribution >= 0.6 is 0 Å². The molecule has 5 aliphatic rings. The summed E-state index contributed by atoms with van der Waals surface area (Å²) in [6.07, 6.45) is 3.12. The van der Waals surface area contributed by atoms with Gasteiger partial charge < -0.3 is 14.6 Å². The second kappa shape index (κ2) is 7.54. The van der Waals surface area contributed by atoms with E-state index in [-0.39, 0.29) is 36.4 Å². The number of carbonyl (C=O) groups excluding carboxylic acids is 2. The number of allylic oxidation sites excluding steroid dienone is 4. The van der Waals surface area contributed by atoms with Gasteiger partial charge in [0.05, 0.1) is 18.5 Å². The third-order valence-corrected chi connectivity index (χ3v) is 9.83. The van der Waals surface area contributed by atoms with E-state index in [0.29, 0.717) is 12.0 Å². The Kier molecular flexibility index (Phi) is 5.43. The maximum atomic E-state index is 15.6. The van der Waals surface area contributed by atoms with Crippen LogP contribution in [0.5, 0.6) is 0 Å². The van der Waals surface area contributed by atoms with Crippen LogP contribution in [-0.4, -0.2) is 67.7 Å². The molecule has 1 N–H and O–H groups in total. The largest absolute Gasteiger partial charge is 0.393 e. The van der Waals surface area contributed by atoms with Crippen LogP contribution in [0, 0.1) is 28.6 Å². The lowest BCUT2D eigenvalue weighted by molar-refractivity contribution is -0.226. The molecule has 0 bridgehead atoms. The highest BCUT2D eigenvalue weighted by atomic mass is 32.2. The molecular weight excluding hydrogens is 479 g/mol. The van der Waals surface area contributed by atoms with Gasteiger partial charge in [-0.2, -0.15) is 8.42 Å². The van der Waals surface area contributed by atoms with Crippen molar-refractivity contribution in [3.05, 3.63) is 23.8 Å². The topological polar surface area (TPSA) is 116 Å². The molecule has 0 radical (unpaired) electrons. The van der Waals surface area contributed by atoms with E-state index >= 15 is 4.39 Å². The van der Waals surface area contributed by atoms with E-state index in [1.165, 1.54) is 12.2 Å². The number of Topliss-reactive ketones (excluding diaryl/α,β-unsaturated/α-hetero) is 1. The second-order valence-electron chi connectivity index (χ2n) is 11.8. The van der Waals surface area contributed by atoms with Crippen molar-refractivity contribution < 1.29 is 41.2 Å². The van der Waals surface area contributed by atoms with Crippen LogP contribution in [0.3, 0.4) is 0 Å². The molecule has 4 fully saturated rings. The lowest BCUT2D eigenvalue weighted by Crippen LogP contribution is -2.64. The molecule has 3 saturated carbocycles. The van der Waals surface area contributed by atoms with E-state index in [0.717, 1.165) is 6.26 Å². The molecule has 0 unspecified atom stereocenters. The SMILES string of the molecule is CC1(C)O[C@@H]2C[C@H]3[C@@H]4C[C@H](F)C5=CC(=O)C=C[C@]5(C)[C@H]4[C@@H](O)C[C@]3(C)[C@]2(C(=O)COS(C)(=O)=O)O1. The summed E-state index contributed by atoms with van der Waals surface area (Å²) in [6.45, 7) is 6.41. The summed E-state index contributed by atoms with van der Waals surface area (Å²) in [5.74, 6) is -2.82. The van der Waals surface area contributed by atoms with Crippen LogP contribution in [0.2, 0.25) is 0 Å². The van der Waals surface area contributed by atoms with E-state index in [1.54, 1.807) is 19.9 Å². The zero-order valence-electron chi connectivity index (χ0n) is 20.6. The van der Waals surface area contributed by atoms with Gasteiger partial charge in [0.15, 0.2) is 23.0 Å². The average molecular weight is 513 g/mol. The van der Waals surface area contributed by atoms with Crippen molar-refractivity contribution in [2.45, 2.75) is 76.7 Å². The van der Waals surface area contributed by atoms with Crippen LogP contribution in [-0.2, 0) is 33.4 Å². The highest BCUT2D eigenvalue weighted by Gasteiger charge is 2.77. The third kappa shape index (κ3) is 3.47. The van der Waals surface area contributed by atoms with Crippen molar-refractivity contribution >= 4 is 21.7 Å². The van der Waals surface area contributed by atoms with Gasteiger partial charge in [0.2, 0.25) is 0 Å². The summed E-state index contributed by atoms with van der Waals surface area (Å²) in [7, 11) is -3.88. The van der Waals surface area contributed by atoms with E-state index in [2.05, 4.69) is 0 Å². The van der Waals surface area contributed by atoms with E-state index in [1.807, 2.05) is 13.8 Å². The van der Waals surface area contributed by atoms with Gasteiger partial charge in [-0.05, 0) is 62.7 Å². The summed E-state index contributed by atoms with van der Waals surface area (Å²) < 4.78 is 56.2. The number of rotatable bonds is 4. The van der Waals surface area contributed by atoms with Crippen molar-refractivity contribution in [3.8, 4) is 0 Å². The zero-order valence-corrected chi connectivity index (χ0v) is 21.4. The van der Waals surface area contributed by atoms with E-state index < -0.39 is 63.1 Å². The smallest absolute Gasteiger partial charge is 0.264 e. The predicted molar refractivity (Wildman–Crippen MR) is 122 cm³/mol. The molecular formula is C25H33FO8S. The molecule has 0 spiro atoms. The van der Waals surface area contributed by atoms with E-state index in [9.17, 15) is 23.1 Å². The molecule has 1 heterocycles. The third-order valence-electron chi connectivity index (χ3n) is 9.29. The Labute approximate surface area is 205 Å². The minimum atomic E-state index is -3.88. The maximum absolute atomic E-state index is 15.6. The van der Waals surface area contributed by atoms with Gasteiger partial charge >= 0.3 is 0 Å². The number of ketones is 2. The van der Waals surface area contributed by atoms with E-state index in [4.69, 9.17) is 13.7 Å². The van der Waals surface area contributed by atoms with Crippen molar-refractivity contribution in [3.63, 3.8) is 0 Å². The molecule has 0 aromatic rings. The van der Waals surface area contributed by atoms with Gasteiger partial charge in [-0.3, -0.25) is 13.8 Å². The molecule has 5 rings (SSSR count).